The minimum absolute atomic E-state index is 0.00103. The standard InChI is InChI=1S/C12H16Cl2N2O3S/c1-7(2)3-4-16-12(17)9-5-8(20(15,18)19)6-10(13)11(9)14/h5-7H,3-4H2,1-2H3,(H,16,17)(H2,15,18,19). The van der Waals surface area contributed by atoms with E-state index in [0.29, 0.717) is 12.5 Å². The first-order valence-corrected chi connectivity index (χ1v) is 8.23. The molecule has 0 radical (unpaired) electrons. The van der Waals surface area contributed by atoms with Crippen LogP contribution in [0, 0.1) is 5.92 Å². The molecule has 3 N–H and O–H groups in total. The SMILES string of the molecule is CC(C)CCNC(=O)c1cc(S(N)(=O)=O)cc(Cl)c1Cl. The van der Waals surface area contributed by atoms with Gasteiger partial charge < -0.3 is 5.32 Å². The number of amides is 1. The molecular weight excluding hydrogens is 323 g/mol. The molecular formula is C12H16Cl2N2O3S. The van der Waals surface area contributed by atoms with E-state index in [1.807, 2.05) is 13.8 Å². The molecule has 20 heavy (non-hydrogen) atoms. The number of nitrogens with two attached hydrogens (primary N) is 1. The van der Waals surface area contributed by atoms with Gasteiger partial charge in [0.1, 0.15) is 0 Å². The molecule has 0 atom stereocenters. The number of halogens is 2. The van der Waals surface area contributed by atoms with Gasteiger partial charge in [0.2, 0.25) is 10.0 Å². The number of hydrogen-bond acceptors (Lipinski definition) is 3. The fourth-order valence-electron chi connectivity index (χ4n) is 1.46. The van der Waals surface area contributed by atoms with Gasteiger partial charge in [-0.15, -0.1) is 0 Å². The van der Waals surface area contributed by atoms with Crippen molar-refractivity contribution in [2.45, 2.75) is 25.2 Å². The summed E-state index contributed by atoms with van der Waals surface area (Å²) in [4.78, 5) is 11.7. The van der Waals surface area contributed by atoms with E-state index in [2.05, 4.69) is 5.32 Å². The molecule has 0 aliphatic carbocycles. The summed E-state index contributed by atoms with van der Waals surface area (Å²) in [5.41, 5.74) is -0.00746. The van der Waals surface area contributed by atoms with E-state index in [1.54, 1.807) is 0 Å². The first kappa shape index (κ1) is 17.2. The van der Waals surface area contributed by atoms with Crippen molar-refractivity contribution in [3.63, 3.8) is 0 Å². The summed E-state index contributed by atoms with van der Waals surface area (Å²) in [6.07, 6.45) is 0.798. The zero-order chi connectivity index (χ0) is 15.5. The van der Waals surface area contributed by atoms with Gasteiger partial charge in [-0.05, 0) is 24.5 Å². The molecule has 1 rings (SSSR count). The number of carbonyl (C=O) groups excluding carboxylic acids is 1. The fourth-order valence-corrected chi connectivity index (χ4v) is 2.51. The molecule has 0 saturated heterocycles. The Hall–Kier alpha value is -0.820. The molecule has 1 amide bonds. The van der Waals surface area contributed by atoms with Crippen molar-refractivity contribution >= 4 is 39.1 Å². The van der Waals surface area contributed by atoms with Crippen LogP contribution in [0.25, 0.3) is 0 Å². The molecule has 0 aliphatic rings. The van der Waals surface area contributed by atoms with E-state index >= 15 is 0 Å². The molecule has 0 aliphatic heterocycles. The largest absolute Gasteiger partial charge is 0.352 e. The zero-order valence-electron chi connectivity index (χ0n) is 11.1. The molecule has 0 heterocycles. The van der Waals surface area contributed by atoms with E-state index < -0.39 is 15.9 Å². The molecule has 0 aromatic heterocycles. The van der Waals surface area contributed by atoms with Crippen LogP contribution < -0.4 is 10.5 Å². The summed E-state index contributed by atoms with van der Waals surface area (Å²) in [6, 6.07) is 2.23. The Bertz CT molecular complexity index is 615. The number of nitrogens with one attached hydrogen (secondary N) is 1. The second kappa shape index (κ2) is 6.76. The van der Waals surface area contributed by atoms with E-state index in [4.69, 9.17) is 28.3 Å². The highest BCUT2D eigenvalue weighted by atomic mass is 35.5. The van der Waals surface area contributed by atoms with Crippen molar-refractivity contribution in [3.8, 4) is 0 Å². The molecule has 0 spiro atoms. The molecule has 1 aromatic carbocycles. The highest BCUT2D eigenvalue weighted by Gasteiger charge is 2.18. The molecule has 0 bridgehead atoms. The first-order valence-electron chi connectivity index (χ1n) is 5.93. The van der Waals surface area contributed by atoms with Gasteiger partial charge in [-0.25, -0.2) is 13.6 Å². The third-order valence-electron chi connectivity index (χ3n) is 2.58. The second-order valence-electron chi connectivity index (χ2n) is 4.75. The Morgan fingerprint density at radius 1 is 1.35 bits per heavy atom. The Morgan fingerprint density at radius 3 is 2.45 bits per heavy atom. The number of sulfonamides is 1. The number of hydrogen-bond donors (Lipinski definition) is 2. The molecule has 8 heteroatoms. The summed E-state index contributed by atoms with van der Waals surface area (Å²) in [5, 5.41) is 7.65. The monoisotopic (exact) mass is 338 g/mol. The van der Waals surface area contributed by atoms with Crippen LogP contribution in [0.5, 0.6) is 0 Å². The van der Waals surface area contributed by atoms with Crippen molar-refractivity contribution < 1.29 is 13.2 Å². The second-order valence-corrected chi connectivity index (χ2v) is 7.10. The topological polar surface area (TPSA) is 89.3 Å². The van der Waals surface area contributed by atoms with Gasteiger partial charge in [0, 0.05) is 6.54 Å². The molecule has 0 fully saturated rings. The van der Waals surface area contributed by atoms with Gasteiger partial charge in [0.15, 0.2) is 0 Å². The van der Waals surface area contributed by atoms with Gasteiger partial charge in [0.05, 0.1) is 20.5 Å². The summed E-state index contributed by atoms with van der Waals surface area (Å²) >= 11 is 11.7. The first-order chi connectivity index (χ1) is 9.12. The lowest BCUT2D eigenvalue weighted by Gasteiger charge is -2.10. The van der Waals surface area contributed by atoms with Crippen LogP contribution in [0.4, 0.5) is 0 Å². The van der Waals surface area contributed by atoms with Gasteiger partial charge in [0.25, 0.3) is 5.91 Å². The van der Waals surface area contributed by atoms with Crippen LogP contribution in [0.3, 0.4) is 0 Å². The minimum Gasteiger partial charge on any atom is -0.352 e. The van der Waals surface area contributed by atoms with E-state index in [0.717, 1.165) is 18.6 Å². The normalized spacial score (nSPS) is 11.7. The van der Waals surface area contributed by atoms with Crippen LogP contribution in [-0.2, 0) is 10.0 Å². The summed E-state index contributed by atoms with van der Waals surface area (Å²) in [5.74, 6) is -0.0480. The predicted octanol–water partition coefficient (Wildman–Crippen LogP) is 2.42. The van der Waals surface area contributed by atoms with Crippen LogP contribution in [0.1, 0.15) is 30.6 Å². The lowest BCUT2D eigenvalue weighted by atomic mass is 10.1. The van der Waals surface area contributed by atoms with Crippen LogP contribution in [0.2, 0.25) is 10.0 Å². The Morgan fingerprint density at radius 2 is 1.95 bits per heavy atom. The van der Waals surface area contributed by atoms with Crippen molar-refractivity contribution in [3.05, 3.63) is 27.7 Å². The predicted molar refractivity (Wildman–Crippen MR) is 79.6 cm³/mol. The molecule has 5 nitrogen and oxygen atoms in total. The van der Waals surface area contributed by atoms with E-state index in [9.17, 15) is 13.2 Å². The van der Waals surface area contributed by atoms with Gasteiger partial charge in [-0.2, -0.15) is 0 Å². The van der Waals surface area contributed by atoms with Crippen molar-refractivity contribution in [1.29, 1.82) is 0 Å². The zero-order valence-corrected chi connectivity index (χ0v) is 13.4. The number of carbonyl (C=O) groups is 1. The summed E-state index contributed by atoms with van der Waals surface area (Å²) in [7, 11) is -3.96. The third-order valence-corrected chi connectivity index (χ3v) is 4.28. The average molecular weight is 339 g/mol. The van der Waals surface area contributed by atoms with Gasteiger partial charge in [-0.1, -0.05) is 37.0 Å². The highest BCUT2D eigenvalue weighted by molar-refractivity contribution is 7.89. The maximum Gasteiger partial charge on any atom is 0.252 e. The highest BCUT2D eigenvalue weighted by Crippen LogP contribution is 2.29. The van der Waals surface area contributed by atoms with Gasteiger partial charge >= 0.3 is 0 Å². The van der Waals surface area contributed by atoms with Crippen molar-refractivity contribution in [2.24, 2.45) is 11.1 Å². The summed E-state index contributed by atoms with van der Waals surface area (Å²) in [6.45, 7) is 4.51. The van der Waals surface area contributed by atoms with Crippen molar-refractivity contribution in [1.82, 2.24) is 5.32 Å². The number of rotatable bonds is 5. The fraction of sp³-hybridized carbons (Fsp3) is 0.417. The lowest BCUT2D eigenvalue weighted by Crippen LogP contribution is -2.26. The van der Waals surface area contributed by atoms with Crippen molar-refractivity contribution in [2.75, 3.05) is 6.54 Å². The quantitative estimate of drug-likeness (QED) is 0.863. The third kappa shape index (κ3) is 4.63. The minimum atomic E-state index is -3.96. The molecule has 0 saturated carbocycles. The number of primary sulfonamides is 1. The van der Waals surface area contributed by atoms with Crippen LogP contribution >= 0.6 is 23.2 Å². The Labute approximate surface area is 128 Å². The average Bonchev–Trinajstić information content (AvgIpc) is 2.30. The lowest BCUT2D eigenvalue weighted by molar-refractivity contribution is 0.0952. The van der Waals surface area contributed by atoms with Crippen LogP contribution in [0.15, 0.2) is 17.0 Å². The van der Waals surface area contributed by atoms with E-state index in [1.165, 1.54) is 0 Å². The maximum absolute atomic E-state index is 12.0. The van der Waals surface area contributed by atoms with Crippen LogP contribution in [-0.4, -0.2) is 20.9 Å². The Kier molecular flexibility index (Phi) is 5.82. The number of benzene rings is 1. The smallest absolute Gasteiger partial charge is 0.252 e. The molecule has 1 aromatic rings. The maximum atomic E-state index is 12.0. The summed E-state index contributed by atoms with van der Waals surface area (Å²) < 4.78 is 22.6. The van der Waals surface area contributed by atoms with Gasteiger partial charge in [-0.3, -0.25) is 4.79 Å². The molecule has 112 valence electrons. The van der Waals surface area contributed by atoms with E-state index in [-0.39, 0.29) is 20.5 Å². The molecule has 0 unspecified atom stereocenters. The Balaban J connectivity index is 3.05.